The lowest BCUT2D eigenvalue weighted by Crippen LogP contribution is -2.46. The van der Waals surface area contributed by atoms with Gasteiger partial charge in [-0.05, 0) is 31.7 Å². The number of benzene rings is 1. The van der Waals surface area contributed by atoms with Gasteiger partial charge >= 0.3 is 6.09 Å². The summed E-state index contributed by atoms with van der Waals surface area (Å²) in [6.07, 6.45) is 2.53. The van der Waals surface area contributed by atoms with Crippen LogP contribution in [0.1, 0.15) is 31.7 Å². The fourth-order valence-electron chi connectivity index (χ4n) is 2.67. The van der Waals surface area contributed by atoms with E-state index in [4.69, 9.17) is 4.74 Å². The summed E-state index contributed by atoms with van der Waals surface area (Å²) in [5, 5.41) is 2.84. The van der Waals surface area contributed by atoms with E-state index in [9.17, 15) is 9.59 Å². The smallest absolute Gasteiger partial charge is 0.407 e. The molecule has 1 N–H and O–H groups in total. The highest BCUT2D eigenvalue weighted by molar-refractivity contribution is 5.76. The van der Waals surface area contributed by atoms with Crippen LogP contribution < -0.4 is 5.32 Å². The summed E-state index contributed by atoms with van der Waals surface area (Å²) in [4.78, 5) is 25.5. The van der Waals surface area contributed by atoms with Crippen molar-refractivity contribution in [3.05, 3.63) is 35.9 Å². The molecule has 0 saturated carbocycles. The number of hydrogen-bond acceptors (Lipinski definition) is 3. The van der Waals surface area contributed by atoms with Crippen molar-refractivity contribution in [2.75, 3.05) is 19.7 Å². The molecule has 0 spiro atoms. The number of rotatable bonds is 5. The van der Waals surface area contributed by atoms with Crippen LogP contribution in [0.25, 0.3) is 0 Å². The van der Waals surface area contributed by atoms with E-state index < -0.39 is 0 Å². The van der Waals surface area contributed by atoms with Gasteiger partial charge in [0.25, 0.3) is 0 Å². The number of likely N-dealkylation sites (tertiary alicyclic amines) is 1. The van der Waals surface area contributed by atoms with E-state index in [2.05, 4.69) is 5.32 Å². The molecule has 5 heteroatoms. The standard InChI is InChI=1S/C17H24N2O3/c1-2-22-17(21)18-15-10-12-19(13-11-15)16(20)9-8-14-6-4-3-5-7-14/h3-7,15H,2,8-13H2,1H3,(H,18,21). The molecular weight excluding hydrogens is 280 g/mol. The lowest BCUT2D eigenvalue weighted by Gasteiger charge is -2.32. The number of carbonyl (C=O) groups is 2. The highest BCUT2D eigenvalue weighted by Gasteiger charge is 2.23. The molecule has 0 atom stereocenters. The molecule has 1 fully saturated rings. The maximum atomic E-state index is 12.2. The predicted octanol–water partition coefficient (Wildman–Crippen LogP) is 2.36. The van der Waals surface area contributed by atoms with E-state index in [1.807, 2.05) is 35.2 Å². The molecule has 1 aliphatic rings. The minimum absolute atomic E-state index is 0.109. The fourth-order valence-corrected chi connectivity index (χ4v) is 2.67. The molecule has 0 unspecified atom stereocenters. The van der Waals surface area contributed by atoms with Crippen LogP contribution in [0.3, 0.4) is 0 Å². The lowest BCUT2D eigenvalue weighted by atomic mass is 10.0. The van der Waals surface area contributed by atoms with Crippen molar-refractivity contribution >= 4 is 12.0 Å². The van der Waals surface area contributed by atoms with Gasteiger partial charge in [0, 0.05) is 25.6 Å². The SMILES string of the molecule is CCOC(=O)NC1CCN(C(=O)CCc2ccccc2)CC1. The van der Waals surface area contributed by atoms with E-state index in [1.54, 1.807) is 6.92 Å². The number of hydrogen-bond donors (Lipinski definition) is 1. The molecule has 1 saturated heterocycles. The van der Waals surface area contributed by atoms with E-state index >= 15 is 0 Å². The van der Waals surface area contributed by atoms with Crippen LogP contribution in [0.5, 0.6) is 0 Å². The summed E-state index contributed by atoms with van der Waals surface area (Å²) < 4.78 is 4.88. The average molecular weight is 304 g/mol. The second-order valence-electron chi connectivity index (χ2n) is 5.51. The molecule has 0 aliphatic carbocycles. The van der Waals surface area contributed by atoms with Crippen molar-refractivity contribution in [3.63, 3.8) is 0 Å². The zero-order chi connectivity index (χ0) is 15.8. The number of nitrogens with zero attached hydrogens (tertiary/aromatic N) is 1. The van der Waals surface area contributed by atoms with Gasteiger partial charge in [0.15, 0.2) is 0 Å². The van der Waals surface area contributed by atoms with E-state index in [0.29, 0.717) is 26.1 Å². The van der Waals surface area contributed by atoms with E-state index in [1.165, 1.54) is 5.56 Å². The molecule has 2 rings (SSSR count). The van der Waals surface area contributed by atoms with Crippen LogP contribution in [0.15, 0.2) is 30.3 Å². The van der Waals surface area contributed by atoms with Gasteiger partial charge in [0.05, 0.1) is 6.61 Å². The van der Waals surface area contributed by atoms with Gasteiger partial charge in [-0.2, -0.15) is 0 Å². The Morgan fingerprint density at radius 2 is 1.91 bits per heavy atom. The lowest BCUT2D eigenvalue weighted by molar-refractivity contribution is -0.132. The zero-order valence-electron chi connectivity index (χ0n) is 13.1. The third-order valence-corrected chi connectivity index (χ3v) is 3.92. The average Bonchev–Trinajstić information content (AvgIpc) is 2.54. The maximum absolute atomic E-state index is 12.2. The minimum atomic E-state index is -0.364. The van der Waals surface area contributed by atoms with Gasteiger partial charge in [0.2, 0.25) is 5.91 Å². The third-order valence-electron chi connectivity index (χ3n) is 3.92. The van der Waals surface area contributed by atoms with Gasteiger partial charge in [-0.25, -0.2) is 4.79 Å². The Kier molecular flexibility index (Phi) is 6.25. The Morgan fingerprint density at radius 3 is 2.55 bits per heavy atom. The number of alkyl carbamates (subject to hydrolysis) is 1. The highest BCUT2D eigenvalue weighted by Crippen LogP contribution is 2.13. The minimum Gasteiger partial charge on any atom is -0.450 e. The number of aryl methyl sites for hydroxylation is 1. The molecule has 22 heavy (non-hydrogen) atoms. The predicted molar refractivity (Wildman–Crippen MR) is 84.5 cm³/mol. The molecule has 2 amide bonds. The van der Waals surface area contributed by atoms with Crippen molar-refractivity contribution in [3.8, 4) is 0 Å². The Bertz CT molecular complexity index is 482. The monoisotopic (exact) mass is 304 g/mol. The quantitative estimate of drug-likeness (QED) is 0.908. The Balaban J connectivity index is 1.69. The second kappa shape index (κ2) is 8.41. The third kappa shape index (κ3) is 5.06. The summed E-state index contributed by atoms with van der Waals surface area (Å²) >= 11 is 0. The molecular formula is C17H24N2O3. The van der Waals surface area contributed by atoms with Crippen molar-refractivity contribution < 1.29 is 14.3 Å². The molecule has 1 aromatic carbocycles. The number of piperidine rings is 1. The summed E-state index contributed by atoms with van der Waals surface area (Å²) in [5.74, 6) is 0.193. The molecule has 1 heterocycles. The zero-order valence-corrected chi connectivity index (χ0v) is 13.1. The first-order chi connectivity index (χ1) is 10.7. The maximum Gasteiger partial charge on any atom is 0.407 e. The van der Waals surface area contributed by atoms with Gasteiger partial charge in [-0.15, -0.1) is 0 Å². The van der Waals surface area contributed by atoms with Crippen LogP contribution in [0, 0.1) is 0 Å². The first-order valence-corrected chi connectivity index (χ1v) is 7.94. The Labute approximate surface area is 131 Å². The number of nitrogens with one attached hydrogen (secondary N) is 1. The van der Waals surface area contributed by atoms with Crippen molar-refractivity contribution in [1.82, 2.24) is 10.2 Å². The molecule has 0 bridgehead atoms. The Morgan fingerprint density at radius 1 is 1.23 bits per heavy atom. The topological polar surface area (TPSA) is 58.6 Å². The number of carbonyl (C=O) groups excluding carboxylic acids is 2. The van der Waals surface area contributed by atoms with Gasteiger partial charge in [0.1, 0.15) is 0 Å². The normalized spacial score (nSPS) is 15.4. The fraction of sp³-hybridized carbons (Fsp3) is 0.529. The molecule has 1 aromatic rings. The molecule has 120 valence electrons. The summed E-state index contributed by atoms with van der Waals surface area (Å²) in [5.41, 5.74) is 1.19. The molecule has 0 radical (unpaired) electrons. The highest BCUT2D eigenvalue weighted by atomic mass is 16.5. The molecule has 1 aliphatic heterocycles. The summed E-state index contributed by atoms with van der Waals surface area (Å²) in [7, 11) is 0. The van der Waals surface area contributed by atoms with Crippen molar-refractivity contribution in [2.24, 2.45) is 0 Å². The first-order valence-electron chi connectivity index (χ1n) is 7.94. The van der Waals surface area contributed by atoms with Crippen molar-refractivity contribution in [1.29, 1.82) is 0 Å². The van der Waals surface area contributed by atoms with Gasteiger partial charge in [-0.3, -0.25) is 4.79 Å². The summed E-state index contributed by atoms with van der Waals surface area (Å²) in [6, 6.07) is 10.2. The van der Waals surface area contributed by atoms with E-state index in [0.717, 1.165) is 19.3 Å². The van der Waals surface area contributed by atoms with Crippen LogP contribution >= 0.6 is 0 Å². The van der Waals surface area contributed by atoms with Crippen LogP contribution in [-0.2, 0) is 16.0 Å². The van der Waals surface area contributed by atoms with Crippen LogP contribution in [-0.4, -0.2) is 42.6 Å². The van der Waals surface area contributed by atoms with Gasteiger partial charge in [-0.1, -0.05) is 30.3 Å². The molecule has 0 aromatic heterocycles. The van der Waals surface area contributed by atoms with Gasteiger partial charge < -0.3 is 15.0 Å². The first kappa shape index (κ1) is 16.3. The van der Waals surface area contributed by atoms with Crippen molar-refractivity contribution in [2.45, 2.75) is 38.6 Å². The number of amides is 2. The largest absolute Gasteiger partial charge is 0.450 e. The van der Waals surface area contributed by atoms with Crippen LogP contribution in [0.4, 0.5) is 4.79 Å². The van der Waals surface area contributed by atoms with E-state index in [-0.39, 0.29) is 18.0 Å². The van der Waals surface area contributed by atoms with Crippen LogP contribution in [0.2, 0.25) is 0 Å². The molecule has 5 nitrogen and oxygen atoms in total. The second-order valence-corrected chi connectivity index (χ2v) is 5.51. The Hall–Kier alpha value is -2.04. The summed E-state index contributed by atoms with van der Waals surface area (Å²) in [6.45, 7) is 3.56. The number of ether oxygens (including phenoxy) is 1.